The highest BCUT2D eigenvalue weighted by molar-refractivity contribution is 5.87. The minimum atomic E-state index is -0.465. The van der Waals surface area contributed by atoms with Crippen LogP contribution in [0, 0.1) is 0 Å². The van der Waals surface area contributed by atoms with Gasteiger partial charge in [-0.25, -0.2) is 4.79 Å². The zero-order chi connectivity index (χ0) is 16.8. The number of piperidine rings is 1. The van der Waals surface area contributed by atoms with Crippen LogP contribution in [-0.4, -0.2) is 41.7 Å². The molecule has 3 rings (SSSR count). The van der Waals surface area contributed by atoms with Crippen LogP contribution in [0.2, 0.25) is 0 Å². The Morgan fingerprint density at radius 1 is 1.46 bits per heavy atom. The molecule has 0 aliphatic carbocycles. The molecule has 1 aliphatic rings. The molecule has 3 heterocycles. The minimum absolute atomic E-state index is 0.0821. The second-order valence-electron chi connectivity index (χ2n) is 5.58. The third-order valence-corrected chi connectivity index (χ3v) is 3.82. The fourth-order valence-corrected chi connectivity index (χ4v) is 2.64. The van der Waals surface area contributed by atoms with Crippen LogP contribution in [0.15, 0.2) is 35.1 Å². The maximum atomic E-state index is 11.7. The van der Waals surface area contributed by atoms with Crippen molar-refractivity contribution in [3.8, 4) is 0 Å². The summed E-state index contributed by atoms with van der Waals surface area (Å²) in [6, 6.07) is 6.21. The van der Waals surface area contributed by atoms with Crippen LogP contribution in [0.1, 0.15) is 35.9 Å². The van der Waals surface area contributed by atoms with Gasteiger partial charge < -0.3 is 18.8 Å². The van der Waals surface area contributed by atoms with Crippen molar-refractivity contribution < 1.29 is 18.7 Å². The lowest BCUT2D eigenvalue weighted by Gasteiger charge is -2.31. The van der Waals surface area contributed by atoms with Gasteiger partial charge in [0, 0.05) is 19.3 Å². The highest BCUT2D eigenvalue weighted by Gasteiger charge is 2.25. The first-order valence-corrected chi connectivity index (χ1v) is 8.15. The summed E-state index contributed by atoms with van der Waals surface area (Å²) in [4.78, 5) is 22.1. The Kier molecular flexibility index (Phi) is 5.43. The van der Waals surface area contributed by atoms with Gasteiger partial charge >= 0.3 is 5.97 Å². The molecule has 2 aromatic rings. The van der Waals surface area contributed by atoms with Crippen molar-refractivity contribution in [1.29, 1.82) is 0 Å². The molecule has 0 aromatic carbocycles. The van der Waals surface area contributed by atoms with E-state index in [4.69, 9.17) is 13.9 Å². The summed E-state index contributed by atoms with van der Waals surface area (Å²) in [5, 5.41) is 0. The molecule has 7 nitrogen and oxygen atoms in total. The number of aromatic nitrogens is 2. The number of nitrogens with zero attached hydrogens (tertiary/aromatic N) is 3. The Labute approximate surface area is 140 Å². The van der Waals surface area contributed by atoms with E-state index in [1.165, 1.54) is 6.26 Å². The fourth-order valence-electron chi connectivity index (χ4n) is 2.64. The first-order chi connectivity index (χ1) is 11.8. The smallest absolute Gasteiger partial charge is 0.360 e. The molecule has 0 N–H and O–H groups in total. The van der Waals surface area contributed by atoms with Gasteiger partial charge in [-0.15, -0.1) is 0 Å². The third kappa shape index (κ3) is 4.11. The van der Waals surface area contributed by atoms with Crippen molar-refractivity contribution in [3.05, 3.63) is 42.0 Å². The molecule has 1 saturated heterocycles. The lowest BCUT2D eigenvalue weighted by Crippen LogP contribution is -2.39. The Morgan fingerprint density at radius 3 is 3.17 bits per heavy atom. The topological polar surface area (TPSA) is 77.7 Å². The molecular formula is C17H21N3O4. The van der Waals surface area contributed by atoms with E-state index in [-0.39, 0.29) is 11.8 Å². The van der Waals surface area contributed by atoms with Crippen molar-refractivity contribution >= 4 is 12.0 Å². The van der Waals surface area contributed by atoms with E-state index in [9.17, 15) is 4.79 Å². The van der Waals surface area contributed by atoms with Crippen LogP contribution in [0.5, 0.6) is 0 Å². The summed E-state index contributed by atoms with van der Waals surface area (Å²) in [7, 11) is 0. The summed E-state index contributed by atoms with van der Waals surface area (Å²) in [6.45, 7) is 4.06. The monoisotopic (exact) mass is 331 g/mol. The number of oxazole rings is 1. The molecule has 0 saturated carbocycles. The van der Waals surface area contributed by atoms with Crippen molar-refractivity contribution in [3.63, 3.8) is 0 Å². The molecule has 1 unspecified atom stereocenters. The number of hydrogen-bond donors (Lipinski definition) is 0. The van der Waals surface area contributed by atoms with Crippen LogP contribution in [0.25, 0.3) is 0 Å². The molecular weight excluding hydrogens is 310 g/mol. The fraction of sp³-hybridized carbons (Fsp3) is 0.471. The summed E-state index contributed by atoms with van der Waals surface area (Å²) in [6.07, 6.45) is 5.14. The van der Waals surface area contributed by atoms with Crippen LogP contribution in [0.4, 0.5) is 6.01 Å². The van der Waals surface area contributed by atoms with Crippen molar-refractivity contribution in [1.82, 2.24) is 9.97 Å². The minimum Gasteiger partial charge on any atom is -0.461 e. The SMILES string of the molecule is CCOC(=O)c1coc(N2CCCC(OCc3ccccn3)C2)n1. The largest absolute Gasteiger partial charge is 0.461 e. The summed E-state index contributed by atoms with van der Waals surface area (Å²) >= 11 is 0. The van der Waals surface area contributed by atoms with Gasteiger partial charge in [-0.3, -0.25) is 4.98 Å². The lowest BCUT2D eigenvalue weighted by molar-refractivity contribution is 0.0290. The van der Waals surface area contributed by atoms with Crippen LogP contribution in [0.3, 0.4) is 0 Å². The van der Waals surface area contributed by atoms with Crippen molar-refractivity contribution in [2.24, 2.45) is 0 Å². The highest BCUT2D eigenvalue weighted by atomic mass is 16.5. The third-order valence-electron chi connectivity index (χ3n) is 3.82. The van der Waals surface area contributed by atoms with E-state index >= 15 is 0 Å². The molecule has 1 atom stereocenters. The zero-order valence-corrected chi connectivity index (χ0v) is 13.7. The first-order valence-electron chi connectivity index (χ1n) is 8.15. The van der Waals surface area contributed by atoms with E-state index in [0.717, 1.165) is 25.1 Å². The standard InChI is InChI=1S/C17H21N3O4/c1-2-22-16(21)15-12-24-17(19-15)20-9-5-7-14(10-20)23-11-13-6-3-4-8-18-13/h3-4,6,8,12,14H,2,5,7,9-11H2,1H3. The van der Waals surface area contributed by atoms with Gasteiger partial charge in [0.15, 0.2) is 5.69 Å². The quantitative estimate of drug-likeness (QED) is 0.752. The number of carbonyl (C=O) groups excluding carboxylic acids is 1. The predicted octanol–water partition coefficient (Wildman–Crippen LogP) is 2.43. The van der Waals surface area contributed by atoms with E-state index in [2.05, 4.69) is 9.97 Å². The molecule has 7 heteroatoms. The van der Waals surface area contributed by atoms with E-state index < -0.39 is 5.97 Å². The Balaban J connectivity index is 1.56. The molecule has 2 aromatic heterocycles. The molecule has 0 bridgehead atoms. The maximum absolute atomic E-state index is 11.7. The number of esters is 1. The van der Waals surface area contributed by atoms with Gasteiger partial charge in [-0.1, -0.05) is 6.07 Å². The van der Waals surface area contributed by atoms with Gasteiger partial charge in [0.1, 0.15) is 6.26 Å². The van der Waals surface area contributed by atoms with Crippen LogP contribution < -0.4 is 4.90 Å². The molecule has 1 fully saturated rings. The zero-order valence-electron chi connectivity index (χ0n) is 13.7. The second kappa shape index (κ2) is 7.92. The number of anilines is 1. The molecule has 1 aliphatic heterocycles. The first kappa shape index (κ1) is 16.4. The van der Waals surface area contributed by atoms with E-state index in [1.54, 1.807) is 13.1 Å². The van der Waals surface area contributed by atoms with Crippen LogP contribution in [-0.2, 0) is 16.1 Å². The average Bonchev–Trinajstić information content (AvgIpc) is 3.12. The number of carbonyl (C=O) groups is 1. The number of rotatable bonds is 6. The van der Waals surface area contributed by atoms with Gasteiger partial charge in [-0.05, 0) is 31.9 Å². The predicted molar refractivity (Wildman–Crippen MR) is 86.7 cm³/mol. The van der Waals surface area contributed by atoms with Gasteiger partial charge in [-0.2, -0.15) is 4.98 Å². The number of pyridine rings is 1. The number of hydrogen-bond acceptors (Lipinski definition) is 7. The summed E-state index contributed by atoms with van der Waals surface area (Å²) in [5.41, 5.74) is 1.11. The Morgan fingerprint density at radius 2 is 2.38 bits per heavy atom. The summed E-state index contributed by atoms with van der Waals surface area (Å²) < 4.78 is 16.3. The van der Waals surface area contributed by atoms with E-state index in [0.29, 0.717) is 25.8 Å². The van der Waals surface area contributed by atoms with Gasteiger partial charge in [0.05, 0.1) is 25.0 Å². The molecule has 128 valence electrons. The Bertz CT molecular complexity index is 659. The molecule has 24 heavy (non-hydrogen) atoms. The van der Waals surface area contributed by atoms with E-state index in [1.807, 2.05) is 23.1 Å². The molecule has 0 spiro atoms. The molecule has 0 amide bonds. The van der Waals surface area contributed by atoms with Crippen molar-refractivity contribution in [2.45, 2.75) is 32.5 Å². The van der Waals surface area contributed by atoms with Crippen LogP contribution >= 0.6 is 0 Å². The maximum Gasteiger partial charge on any atom is 0.360 e. The highest BCUT2D eigenvalue weighted by Crippen LogP contribution is 2.21. The lowest BCUT2D eigenvalue weighted by atomic mass is 10.1. The average molecular weight is 331 g/mol. The normalized spacial score (nSPS) is 17.7. The summed E-state index contributed by atoms with van der Waals surface area (Å²) in [5.74, 6) is -0.465. The Hall–Kier alpha value is -2.41. The molecule has 0 radical (unpaired) electrons. The van der Waals surface area contributed by atoms with Gasteiger partial charge in [0.2, 0.25) is 0 Å². The van der Waals surface area contributed by atoms with Crippen molar-refractivity contribution in [2.75, 3.05) is 24.6 Å². The second-order valence-corrected chi connectivity index (χ2v) is 5.58. The number of ether oxygens (including phenoxy) is 2. The van der Waals surface area contributed by atoms with Gasteiger partial charge in [0.25, 0.3) is 6.01 Å².